The highest BCUT2D eigenvalue weighted by atomic mass is 32.2. The average molecular weight is 501 g/mol. The molecule has 1 N–H and O–H groups in total. The van der Waals surface area contributed by atoms with Crippen LogP contribution < -0.4 is 14.4 Å². The van der Waals surface area contributed by atoms with E-state index < -0.39 is 10.0 Å². The molecule has 4 aromatic rings. The number of nitrogens with one attached hydrogen (secondary N) is 1. The molecule has 4 aromatic carbocycles. The van der Waals surface area contributed by atoms with E-state index in [0.29, 0.717) is 17.0 Å². The summed E-state index contributed by atoms with van der Waals surface area (Å²) in [6.45, 7) is 2.02. The Labute approximate surface area is 212 Å². The number of benzene rings is 4. The molecule has 0 unspecified atom stereocenters. The summed E-state index contributed by atoms with van der Waals surface area (Å²) >= 11 is 0. The van der Waals surface area contributed by atoms with E-state index in [4.69, 9.17) is 4.74 Å². The van der Waals surface area contributed by atoms with Crippen LogP contribution in [0.5, 0.6) is 5.75 Å². The van der Waals surface area contributed by atoms with Crippen molar-refractivity contribution >= 4 is 21.6 Å². The maximum atomic E-state index is 13.5. The summed E-state index contributed by atoms with van der Waals surface area (Å²) < 4.78 is 33.7. The first-order chi connectivity index (χ1) is 17.4. The number of hydrogen-bond acceptors (Lipinski definition) is 4. The normalized spacial score (nSPS) is 11.9. The highest BCUT2D eigenvalue weighted by Gasteiger charge is 2.25. The van der Waals surface area contributed by atoms with Crippen LogP contribution in [0.2, 0.25) is 0 Å². The fourth-order valence-corrected chi connectivity index (χ4v) is 5.41. The van der Waals surface area contributed by atoms with Gasteiger partial charge in [0.15, 0.2) is 0 Å². The van der Waals surface area contributed by atoms with Crippen molar-refractivity contribution < 1.29 is 17.9 Å². The third-order valence-corrected chi connectivity index (χ3v) is 7.66. The number of para-hydroxylation sites is 2. The summed E-state index contributed by atoms with van der Waals surface area (Å²) in [6, 6.07) is 31.6. The van der Waals surface area contributed by atoms with Gasteiger partial charge in [0, 0.05) is 11.1 Å². The molecule has 0 aliphatic heterocycles. The van der Waals surface area contributed by atoms with Gasteiger partial charge in [-0.3, -0.25) is 9.10 Å². The topological polar surface area (TPSA) is 75.7 Å². The number of sulfonamides is 1. The second kappa shape index (κ2) is 11.1. The van der Waals surface area contributed by atoms with Crippen molar-refractivity contribution in [3.63, 3.8) is 0 Å². The largest absolute Gasteiger partial charge is 0.496 e. The van der Waals surface area contributed by atoms with Gasteiger partial charge < -0.3 is 10.1 Å². The number of methoxy groups -OCH3 is 1. The molecule has 4 rings (SSSR count). The molecular weight excluding hydrogens is 472 g/mol. The Hall–Kier alpha value is -4.10. The summed E-state index contributed by atoms with van der Waals surface area (Å²) in [5.41, 5.74) is 2.69. The van der Waals surface area contributed by atoms with E-state index in [1.807, 2.05) is 37.3 Å². The zero-order chi connectivity index (χ0) is 25.5. The van der Waals surface area contributed by atoms with Crippen molar-refractivity contribution in [1.29, 1.82) is 0 Å². The van der Waals surface area contributed by atoms with E-state index in [0.717, 1.165) is 11.1 Å². The molecule has 6 nitrogen and oxygen atoms in total. The van der Waals surface area contributed by atoms with Gasteiger partial charge in [-0.1, -0.05) is 66.7 Å². The maximum absolute atomic E-state index is 13.5. The summed E-state index contributed by atoms with van der Waals surface area (Å²) in [6.07, 6.45) is 0. The van der Waals surface area contributed by atoms with Gasteiger partial charge in [-0.2, -0.15) is 0 Å². The molecule has 0 saturated carbocycles. The van der Waals surface area contributed by atoms with Gasteiger partial charge in [-0.05, 0) is 55.0 Å². The Morgan fingerprint density at radius 2 is 1.42 bits per heavy atom. The standard InChI is InChI=1S/C29H28N2O4S/c1-22(27-15-9-10-16-28(27)35-2)30-29(32)24-19-17-23(18-20-24)21-31(25-11-5-3-6-12-25)36(33,34)26-13-7-4-8-14-26/h3-20,22H,21H2,1-2H3,(H,30,32)/t22-/m0/s1. The van der Waals surface area contributed by atoms with E-state index >= 15 is 0 Å². The minimum absolute atomic E-state index is 0.126. The summed E-state index contributed by atoms with van der Waals surface area (Å²) in [7, 11) is -2.19. The van der Waals surface area contributed by atoms with Gasteiger partial charge in [-0.15, -0.1) is 0 Å². The lowest BCUT2D eigenvalue weighted by Gasteiger charge is -2.25. The fraction of sp³-hybridized carbons (Fsp3) is 0.138. The van der Waals surface area contributed by atoms with E-state index in [9.17, 15) is 13.2 Å². The lowest BCUT2D eigenvalue weighted by molar-refractivity contribution is 0.0939. The molecule has 0 fully saturated rings. The predicted molar refractivity (Wildman–Crippen MR) is 142 cm³/mol. The predicted octanol–water partition coefficient (Wildman–Crippen LogP) is 5.58. The number of anilines is 1. The first-order valence-corrected chi connectivity index (χ1v) is 13.0. The molecule has 7 heteroatoms. The first-order valence-electron chi connectivity index (χ1n) is 11.6. The summed E-state index contributed by atoms with van der Waals surface area (Å²) in [5, 5.41) is 2.99. The van der Waals surface area contributed by atoms with Gasteiger partial charge in [0.2, 0.25) is 0 Å². The SMILES string of the molecule is COc1ccccc1[C@H](C)NC(=O)c1ccc(CN(c2ccccc2)S(=O)(=O)c2ccccc2)cc1. The molecular formula is C29H28N2O4S. The molecule has 1 atom stereocenters. The Morgan fingerprint density at radius 3 is 2.06 bits per heavy atom. The van der Waals surface area contributed by atoms with Crippen LogP contribution in [0.15, 0.2) is 114 Å². The first kappa shape index (κ1) is 25.0. The Balaban J connectivity index is 1.54. The molecule has 0 spiro atoms. The van der Waals surface area contributed by atoms with Crippen LogP contribution in [-0.4, -0.2) is 21.4 Å². The van der Waals surface area contributed by atoms with Gasteiger partial charge >= 0.3 is 0 Å². The van der Waals surface area contributed by atoms with Crippen LogP contribution in [0.1, 0.15) is 34.5 Å². The number of hydrogen-bond donors (Lipinski definition) is 1. The fourth-order valence-electron chi connectivity index (χ4n) is 3.94. The van der Waals surface area contributed by atoms with Gasteiger partial charge in [0.1, 0.15) is 5.75 Å². The minimum atomic E-state index is -3.79. The van der Waals surface area contributed by atoms with E-state index in [2.05, 4.69) is 5.32 Å². The lowest BCUT2D eigenvalue weighted by Crippen LogP contribution is -2.30. The van der Waals surface area contributed by atoms with Crippen LogP contribution >= 0.6 is 0 Å². The van der Waals surface area contributed by atoms with E-state index in [1.165, 1.54) is 4.31 Å². The van der Waals surface area contributed by atoms with Crippen LogP contribution in [-0.2, 0) is 16.6 Å². The lowest BCUT2D eigenvalue weighted by atomic mass is 10.1. The summed E-state index contributed by atoms with van der Waals surface area (Å²) in [5.74, 6) is 0.484. The molecule has 0 heterocycles. The quantitative estimate of drug-likeness (QED) is 0.325. The van der Waals surface area contributed by atoms with Crippen molar-refractivity contribution in [2.24, 2.45) is 0 Å². The van der Waals surface area contributed by atoms with E-state index in [1.54, 1.807) is 86.0 Å². The van der Waals surface area contributed by atoms with Crippen LogP contribution in [0.25, 0.3) is 0 Å². The molecule has 0 aliphatic rings. The number of nitrogens with zero attached hydrogens (tertiary/aromatic N) is 1. The Bertz CT molecular complexity index is 1410. The molecule has 0 saturated heterocycles. The molecule has 184 valence electrons. The number of ether oxygens (including phenoxy) is 1. The number of carbonyl (C=O) groups is 1. The van der Waals surface area contributed by atoms with Crippen molar-refractivity contribution in [3.05, 3.63) is 126 Å². The van der Waals surface area contributed by atoms with Crippen molar-refractivity contribution in [1.82, 2.24) is 5.32 Å². The smallest absolute Gasteiger partial charge is 0.264 e. The second-order valence-electron chi connectivity index (χ2n) is 8.29. The zero-order valence-electron chi connectivity index (χ0n) is 20.2. The maximum Gasteiger partial charge on any atom is 0.264 e. The third-order valence-electron chi connectivity index (χ3n) is 5.87. The molecule has 1 amide bonds. The highest BCUT2D eigenvalue weighted by Crippen LogP contribution is 2.27. The number of rotatable bonds is 9. The second-order valence-corrected chi connectivity index (χ2v) is 10.2. The molecule has 0 aromatic heterocycles. The Kier molecular flexibility index (Phi) is 7.71. The van der Waals surface area contributed by atoms with Gasteiger partial charge in [0.05, 0.1) is 30.3 Å². The van der Waals surface area contributed by atoms with Crippen LogP contribution in [0.4, 0.5) is 5.69 Å². The average Bonchev–Trinajstić information content (AvgIpc) is 2.92. The monoisotopic (exact) mass is 500 g/mol. The minimum Gasteiger partial charge on any atom is -0.496 e. The molecule has 36 heavy (non-hydrogen) atoms. The van der Waals surface area contributed by atoms with Crippen molar-refractivity contribution in [3.8, 4) is 5.75 Å². The third kappa shape index (κ3) is 5.58. The number of carbonyl (C=O) groups excluding carboxylic acids is 1. The van der Waals surface area contributed by atoms with Crippen LogP contribution in [0.3, 0.4) is 0 Å². The van der Waals surface area contributed by atoms with Crippen LogP contribution in [0, 0.1) is 0 Å². The van der Waals surface area contributed by atoms with Gasteiger partial charge in [0.25, 0.3) is 15.9 Å². The molecule has 0 bridgehead atoms. The summed E-state index contributed by atoms with van der Waals surface area (Å²) in [4.78, 5) is 13.1. The Morgan fingerprint density at radius 1 is 0.833 bits per heavy atom. The highest BCUT2D eigenvalue weighted by molar-refractivity contribution is 7.92. The van der Waals surface area contributed by atoms with E-state index in [-0.39, 0.29) is 23.4 Å². The van der Waals surface area contributed by atoms with Crippen molar-refractivity contribution in [2.75, 3.05) is 11.4 Å². The van der Waals surface area contributed by atoms with Crippen molar-refractivity contribution in [2.45, 2.75) is 24.4 Å². The molecule has 0 radical (unpaired) electrons. The molecule has 0 aliphatic carbocycles. The number of amides is 1. The van der Waals surface area contributed by atoms with Gasteiger partial charge in [-0.25, -0.2) is 8.42 Å². The zero-order valence-corrected chi connectivity index (χ0v) is 21.0.